The number of hydrogen-bond donors (Lipinski definition) is 1. The largest absolute Gasteiger partial charge is 0.493 e. The summed E-state index contributed by atoms with van der Waals surface area (Å²) in [5, 5.41) is 9.66. The molecule has 1 aliphatic heterocycles. The molecule has 1 N–H and O–H groups in total. The first-order valence-electron chi connectivity index (χ1n) is 10.9. The van der Waals surface area contributed by atoms with Gasteiger partial charge in [-0.15, -0.1) is 0 Å². The number of ether oxygens (including phenoxy) is 2. The molecule has 0 aromatic heterocycles. The Morgan fingerprint density at radius 3 is 2.58 bits per heavy atom. The maximum absolute atomic E-state index is 12.9. The maximum atomic E-state index is 12.9. The molecule has 1 fully saturated rings. The van der Waals surface area contributed by atoms with Crippen LogP contribution < -0.4 is 9.47 Å². The number of rotatable bonds is 7. The van der Waals surface area contributed by atoms with E-state index < -0.39 is 5.97 Å². The highest BCUT2D eigenvalue weighted by Crippen LogP contribution is 2.38. The fourth-order valence-electron chi connectivity index (χ4n) is 3.39. The normalized spacial score (nSPS) is 15.6. The summed E-state index contributed by atoms with van der Waals surface area (Å²) in [6.45, 7) is 2.43. The topological polar surface area (TPSA) is 88.4 Å². The number of aromatic carboxylic acids is 1. The highest BCUT2D eigenvalue weighted by Gasteiger charge is 2.30. The molecule has 1 amide bonds. The first kappa shape index (κ1) is 25.5. The summed E-state index contributed by atoms with van der Waals surface area (Å²) in [7, 11) is 3.20. The van der Waals surface area contributed by atoms with E-state index in [4.69, 9.17) is 9.47 Å². The summed E-state index contributed by atoms with van der Waals surface area (Å²) in [4.78, 5) is 30.5. The van der Waals surface area contributed by atoms with Crippen LogP contribution in [0.2, 0.25) is 0 Å². The van der Waals surface area contributed by atoms with Crippen molar-refractivity contribution in [1.82, 2.24) is 4.90 Å². The molecule has 0 unspecified atom stereocenters. The Morgan fingerprint density at radius 1 is 1.14 bits per heavy atom. The van der Waals surface area contributed by atoms with Gasteiger partial charge in [0.1, 0.15) is 6.61 Å². The van der Waals surface area contributed by atoms with Crippen LogP contribution in [-0.4, -0.2) is 41.2 Å². The van der Waals surface area contributed by atoms with E-state index in [-0.39, 0.29) is 11.5 Å². The number of benzene rings is 3. The van der Waals surface area contributed by atoms with Crippen LogP contribution in [0.15, 0.2) is 75.0 Å². The quantitative estimate of drug-likeness (QED) is 0.339. The third kappa shape index (κ3) is 5.80. The van der Waals surface area contributed by atoms with Crippen LogP contribution in [0.25, 0.3) is 6.08 Å². The maximum Gasteiger partial charge on any atom is 0.335 e. The van der Waals surface area contributed by atoms with Crippen LogP contribution in [0.1, 0.15) is 27.0 Å². The number of thioether (sulfide) groups is 1. The van der Waals surface area contributed by atoms with Gasteiger partial charge in [-0.2, -0.15) is 0 Å². The first-order valence-corrected chi connectivity index (χ1v) is 12.5. The average Bonchev–Trinajstić information content (AvgIpc) is 3.12. The minimum Gasteiger partial charge on any atom is -0.493 e. The molecule has 0 saturated carbocycles. The van der Waals surface area contributed by atoms with Crippen molar-refractivity contribution >= 4 is 56.5 Å². The van der Waals surface area contributed by atoms with E-state index in [1.165, 1.54) is 34.4 Å². The summed E-state index contributed by atoms with van der Waals surface area (Å²) in [5.41, 5.74) is 3.56. The van der Waals surface area contributed by atoms with Crippen LogP contribution in [0, 0.1) is 6.92 Å². The van der Waals surface area contributed by atoms with Crippen LogP contribution in [-0.2, 0) is 11.4 Å². The van der Waals surface area contributed by atoms with Gasteiger partial charge in [0.2, 0.25) is 0 Å². The lowest BCUT2D eigenvalue weighted by Crippen LogP contribution is -2.23. The molecule has 0 radical (unpaired) electrons. The molecule has 0 aliphatic carbocycles. The van der Waals surface area contributed by atoms with Crippen LogP contribution in [0.4, 0.5) is 5.69 Å². The molecule has 1 aliphatic rings. The number of carboxylic acid groups (broad SMARTS) is 1. The van der Waals surface area contributed by atoms with Gasteiger partial charge in [0.15, 0.2) is 16.7 Å². The van der Waals surface area contributed by atoms with E-state index in [0.717, 1.165) is 15.6 Å². The van der Waals surface area contributed by atoms with Crippen molar-refractivity contribution in [3.05, 3.63) is 92.3 Å². The number of aryl methyl sites for hydroxylation is 1. The number of carbonyl (C=O) groups is 2. The Bertz CT molecular complexity index is 1390. The summed E-state index contributed by atoms with van der Waals surface area (Å²) < 4.78 is 12.3. The molecule has 0 atom stereocenters. The number of carbonyl (C=O) groups excluding carboxylic acids is 1. The van der Waals surface area contributed by atoms with E-state index in [1.807, 2.05) is 37.3 Å². The SMILES string of the molecule is COc1cc(C=C2SC(=Nc3cccc(C(=O)O)c3)N(C)C2=O)c(Br)cc1OCc1ccc(C)cc1. The second-order valence-corrected chi connectivity index (χ2v) is 9.89. The third-order valence-corrected chi connectivity index (χ3v) is 7.15. The zero-order chi connectivity index (χ0) is 25.8. The highest BCUT2D eigenvalue weighted by atomic mass is 79.9. The Balaban J connectivity index is 1.57. The Labute approximate surface area is 221 Å². The van der Waals surface area contributed by atoms with Crippen molar-refractivity contribution in [2.75, 3.05) is 14.2 Å². The number of likely N-dealkylation sites (N-methyl/N-ethyl adjacent to an activating group) is 1. The van der Waals surface area contributed by atoms with Crippen molar-refractivity contribution in [3.63, 3.8) is 0 Å². The number of methoxy groups -OCH3 is 1. The third-order valence-electron chi connectivity index (χ3n) is 5.41. The lowest BCUT2D eigenvalue weighted by Gasteiger charge is -2.13. The fourth-order valence-corrected chi connectivity index (χ4v) is 4.81. The summed E-state index contributed by atoms with van der Waals surface area (Å²) in [6, 6.07) is 18.0. The molecule has 0 bridgehead atoms. The molecule has 3 aromatic carbocycles. The predicted molar refractivity (Wildman–Crippen MR) is 145 cm³/mol. The van der Waals surface area contributed by atoms with Gasteiger partial charge in [0.25, 0.3) is 5.91 Å². The number of carboxylic acids is 1. The minimum atomic E-state index is -1.04. The van der Waals surface area contributed by atoms with Crippen molar-refractivity contribution in [2.45, 2.75) is 13.5 Å². The molecular formula is C27H23BrN2O5S. The molecule has 184 valence electrons. The molecule has 7 nitrogen and oxygen atoms in total. The van der Waals surface area contributed by atoms with Crippen molar-refractivity contribution in [2.24, 2.45) is 4.99 Å². The Kier molecular flexibility index (Phi) is 7.81. The van der Waals surface area contributed by atoms with Crippen molar-refractivity contribution < 1.29 is 24.2 Å². The predicted octanol–water partition coefficient (Wildman–Crippen LogP) is 6.28. The zero-order valence-corrected chi connectivity index (χ0v) is 22.2. The number of halogens is 1. The van der Waals surface area contributed by atoms with Crippen LogP contribution in [0.3, 0.4) is 0 Å². The number of nitrogens with zero attached hydrogens (tertiary/aromatic N) is 2. The van der Waals surface area contributed by atoms with Gasteiger partial charge < -0.3 is 14.6 Å². The van der Waals surface area contributed by atoms with E-state index >= 15 is 0 Å². The molecule has 1 saturated heterocycles. The van der Waals surface area contributed by atoms with E-state index in [2.05, 4.69) is 20.9 Å². The van der Waals surface area contributed by atoms with Gasteiger partial charge >= 0.3 is 5.97 Å². The second-order valence-electron chi connectivity index (χ2n) is 8.02. The average molecular weight is 567 g/mol. The van der Waals surface area contributed by atoms with Gasteiger partial charge in [-0.25, -0.2) is 9.79 Å². The highest BCUT2D eigenvalue weighted by molar-refractivity contribution is 9.10. The van der Waals surface area contributed by atoms with E-state index in [9.17, 15) is 14.7 Å². The summed E-state index contributed by atoms with van der Waals surface area (Å²) in [6.07, 6.45) is 1.76. The molecule has 4 rings (SSSR count). The number of hydrogen-bond acceptors (Lipinski definition) is 6. The molecular weight excluding hydrogens is 544 g/mol. The Morgan fingerprint density at radius 2 is 1.89 bits per heavy atom. The van der Waals surface area contributed by atoms with Gasteiger partial charge in [-0.3, -0.25) is 9.69 Å². The smallest absolute Gasteiger partial charge is 0.335 e. The molecule has 36 heavy (non-hydrogen) atoms. The van der Waals surface area contributed by atoms with Crippen LogP contribution in [0.5, 0.6) is 11.5 Å². The summed E-state index contributed by atoms with van der Waals surface area (Å²) >= 11 is 4.79. The summed E-state index contributed by atoms with van der Waals surface area (Å²) in [5.74, 6) is -0.125. The van der Waals surface area contributed by atoms with Crippen molar-refractivity contribution in [1.29, 1.82) is 0 Å². The monoisotopic (exact) mass is 566 g/mol. The molecule has 0 spiro atoms. The number of amides is 1. The molecule has 9 heteroatoms. The zero-order valence-electron chi connectivity index (χ0n) is 19.8. The number of aliphatic imine (C=N–C) groups is 1. The van der Waals surface area contributed by atoms with E-state index in [1.54, 1.807) is 38.4 Å². The van der Waals surface area contributed by atoms with Gasteiger partial charge in [0.05, 0.1) is 23.3 Å². The fraction of sp³-hybridized carbons (Fsp3) is 0.148. The minimum absolute atomic E-state index is 0.130. The lowest BCUT2D eigenvalue weighted by molar-refractivity contribution is -0.121. The first-order chi connectivity index (χ1) is 17.2. The van der Waals surface area contributed by atoms with Gasteiger partial charge in [-0.1, -0.05) is 51.8 Å². The number of amidine groups is 1. The Hall–Kier alpha value is -3.56. The van der Waals surface area contributed by atoms with Crippen LogP contribution >= 0.6 is 27.7 Å². The standard InChI is InChI=1S/C27H23BrN2O5S/c1-16-7-9-17(10-8-16)15-35-23-14-21(28)19(12-22(23)34-3)13-24-25(31)30(2)27(36-24)29-20-6-4-5-18(11-20)26(32)33/h4-14H,15H2,1-3H3,(H,32,33). The van der Waals surface area contributed by atoms with Gasteiger partial charge in [0, 0.05) is 11.5 Å². The second kappa shape index (κ2) is 11.0. The van der Waals surface area contributed by atoms with Crippen molar-refractivity contribution in [3.8, 4) is 11.5 Å². The lowest BCUT2D eigenvalue weighted by atomic mass is 10.1. The van der Waals surface area contributed by atoms with Gasteiger partial charge in [-0.05, 0) is 66.2 Å². The molecule has 3 aromatic rings. The molecule has 1 heterocycles. The van der Waals surface area contributed by atoms with E-state index in [0.29, 0.717) is 33.9 Å².